The molecule has 5 heteroatoms. The molecule has 0 spiro atoms. The van der Waals surface area contributed by atoms with Crippen LogP contribution in [0.15, 0.2) is 11.8 Å². The minimum absolute atomic E-state index is 0.194. The maximum atomic E-state index is 11.2. The van der Waals surface area contributed by atoms with E-state index in [0.717, 1.165) is 6.26 Å². The Hall–Kier alpha value is -1.52. The molecular weight excluding hydrogens is 188 g/mol. The van der Waals surface area contributed by atoms with Crippen LogP contribution in [0.2, 0.25) is 0 Å². The largest absolute Gasteiger partial charge is 0.503 e. The van der Waals surface area contributed by atoms with E-state index in [0.29, 0.717) is 0 Å². The summed E-state index contributed by atoms with van der Waals surface area (Å²) in [6, 6.07) is 0. The Balaban J connectivity index is 4.51. The predicted molar refractivity (Wildman–Crippen MR) is 48.4 cm³/mol. The number of hydrogen-bond acceptors (Lipinski definition) is 5. The van der Waals surface area contributed by atoms with Gasteiger partial charge in [0.1, 0.15) is 6.26 Å². The molecule has 0 heterocycles. The van der Waals surface area contributed by atoms with Crippen molar-refractivity contribution in [2.45, 2.75) is 13.8 Å². The average molecular weight is 202 g/mol. The van der Waals surface area contributed by atoms with Gasteiger partial charge < -0.3 is 14.2 Å². The highest BCUT2D eigenvalue weighted by Gasteiger charge is 2.21. The summed E-state index contributed by atoms with van der Waals surface area (Å²) in [5.74, 6) is -1.49. The first kappa shape index (κ1) is 12.5. The Kier molecular flexibility index (Phi) is 6.19. The average Bonchev–Trinajstić information content (AvgIpc) is 2.14. The Labute approximate surface area is 82.6 Å². The lowest BCUT2D eigenvalue weighted by molar-refractivity contribution is -0.146. The summed E-state index contributed by atoms with van der Waals surface area (Å²) in [4.78, 5) is 22.4. The number of methoxy groups -OCH3 is 1. The molecule has 0 amide bonds. The molecule has 0 bridgehead atoms. The van der Waals surface area contributed by atoms with Gasteiger partial charge in [0.25, 0.3) is 0 Å². The van der Waals surface area contributed by atoms with Gasteiger partial charge in [-0.15, -0.1) is 0 Å². The molecule has 0 aliphatic heterocycles. The van der Waals surface area contributed by atoms with Crippen LogP contribution in [0, 0.1) is 0 Å². The standard InChI is InChI=1S/C9H14O5/c1-4-13-8(10)7(6-12-3)9(11)14-5-2/h6H,4-5H2,1-3H3. The van der Waals surface area contributed by atoms with E-state index in [9.17, 15) is 9.59 Å². The molecule has 0 aromatic rings. The van der Waals surface area contributed by atoms with E-state index in [-0.39, 0.29) is 18.8 Å². The van der Waals surface area contributed by atoms with E-state index in [1.807, 2.05) is 0 Å². The van der Waals surface area contributed by atoms with Crippen molar-refractivity contribution in [2.75, 3.05) is 20.3 Å². The van der Waals surface area contributed by atoms with Crippen molar-refractivity contribution >= 4 is 11.9 Å². The summed E-state index contributed by atoms with van der Waals surface area (Å²) in [5.41, 5.74) is -0.240. The summed E-state index contributed by atoms with van der Waals surface area (Å²) in [7, 11) is 1.33. The van der Waals surface area contributed by atoms with E-state index in [1.165, 1.54) is 7.11 Å². The highest BCUT2D eigenvalue weighted by atomic mass is 16.6. The molecule has 14 heavy (non-hydrogen) atoms. The minimum atomic E-state index is -0.743. The Morgan fingerprint density at radius 1 is 1.07 bits per heavy atom. The van der Waals surface area contributed by atoms with E-state index < -0.39 is 11.9 Å². The van der Waals surface area contributed by atoms with Gasteiger partial charge in [0.2, 0.25) is 0 Å². The third-order valence-electron chi connectivity index (χ3n) is 1.23. The molecule has 0 atom stereocenters. The van der Waals surface area contributed by atoms with Crippen LogP contribution >= 0.6 is 0 Å². The van der Waals surface area contributed by atoms with E-state index in [1.54, 1.807) is 13.8 Å². The lowest BCUT2D eigenvalue weighted by Crippen LogP contribution is -2.18. The summed E-state index contributed by atoms with van der Waals surface area (Å²) < 4.78 is 13.8. The molecule has 0 aromatic carbocycles. The number of esters is 2. The van der Waals surface area contributed by atoms with Crippen LogP contribution < -0.4 is 0 Å². The molecule has 0 saturated carbocycles. The summed E-state index contributed by atoms with van der Waals surface area (Å²) in [6.45, 7) is 3.68. The Bertz CT molecular complexity index is 211. The highest BCUT2D eigenvalue weighted by Crippen LogP contribution is 2.02. The number of hydrogen-bond donors (Lipinski definition) is 0. The quantitative estimate of drug-likeness (QED) is 0.215. The molecule has 0 N–H and O–H groups in total. The van der Waals surface area contributed by atoms with E-state index in [2.05, 4.69) is 14.2 Å². The molecule has 5 nitrogen and oxygen atoms in total. The molecule has 0 rings (SSSR count). The fourth-order valence-electron chi connectivity index (χ4n) is 0.715. The summed E-state index contributed by atoms with van der Waals surface area (Å²) >= 11 is 0. The molecular formula is C9H14O5. The molecule has 80 valence electrons. The van der Waals surface area contributed by atoms with Crippen LogP contribution in [-0.4, -0.2) is 32.3 Å². The highest BCUT2D eigenvalue weighted by molar-refractivity contribution is 6.13. The van der Waals surface area contributed by atoms with Crippen LogP contribution in [0.25, 0.3) is 0 Å². The van der Waals surface area contributed by atoms with Crippen molar-refractivity contribution in [2.24, 2.45) is 0 Å². The normalized spacial score (nSPS) is 8.79. The first-order valence-corrected chi connectivity index (χ1v) is 4.24. The van der Waals surface area contributed by atoms with Gasteiger partial charge in [-0.05, 0) is 13.8 Å². The maximum Gasteiger partial charge on any atom is 0.348 e. The fourth-order valence-corrected chi connectivity index (χ4v) is 0.715. The number of ether oxygens (including phenoxy) is 3. The summed E-state index contributed by atoms with van der Waals surface area (Å²) in [5, 5.41) is 0. The minimum Gasteiger partial charge on any atom is -0.503 e. The number of rotatable bonds is 5. The van der Waals surface area contributed by atoms with Crippen molar-refractivity contribution in [3.63, 3.8) is 0 Å². The molecule has 0 fully saturated rings. The van der Waals surface area contributed by atoms with Crippen molar-refractivity contribution in [3.8, 4) is 0 Å². The molecule has 0 saturated heterocycles. The van der Waals surface area contributed by atoms with Gasteiger partial charge in [0.05, 0.1) is 20.3 Å². The third-order valence-corrected chi connectivity index (χ3v) is 1.23. The zero-order chi connectivity index (χ0) is 11.0. The van der Waals surface area contributed by atoms with Crippen LogP contribution in [0.5, 0.6) is 0 Å². The van der Waals surface area contributed by atoms with Gasteiger partial charge in [-0.1, -0.05) is 0 Å². The van der Waals surface area contributed by atoms with Gasteiger partial charge >= 0.3 is 11.9 Å². The predicted octanol–water partition coefficient (Wildman–Crippen LogP) is 0.643. The van der Waals surface area contributed by atoms with Crippen molar-refractivity contribution in [1.82, 2.24) is 0 Å². The molecule has 0 unspecified atom stereocenters. The molecule has 0 radical (unpaired) electrons. The van der Waals surface area contributed by atoms with E-state index in [4.69, 9.17) is 0 Å². The second kappa shape index (κ2) is 6.94. The maximum absolute atomic E-state index is 11.2. The Morgan fingerprint density at radius 2 is 1.50 bits per heavy atom. The van der Waals surface area contributed by atoms with Crippen LogP contribution in [-0.2, 0) is 23.8 Å². The van der Waals surface area contributed by atoms with Crippen molar-refractivity contribution in [1.29, 1.82) is 0 Å². The van der Waals surface area contributed by atoms with Gasteiger partial charge in [0.15, 0.2) is 5.57 Å². The second-order valence-corrected chi connectivity index (χ2v) is 2.21. The van der Waals surface area contributed by atoms with E-state index >= 15 is 0 Å². The Morgan fingerprint density at radius 3 is 1.79 bits per heavy atom. The fraction of sp³-hybridized carbons (Fsp3) is 0.556. The smallest absolute Gasteiger partial charge is 0.348 e. The summed E-state index contributed by atoms with van der Waals surface area (Å²) in [6.07, 6.45) is 1.01. The lowest BCUT2D eigenvalue weighted by atomic mass is 10.3. The van der Waals surface area contributed by atoms with Crippen molar-refractivity contribution in [3.05, 3.63) is 11.8 Å². The zero-order valence-electron chi connectivity index (χ0n) is 8.53. The second-order valence-electron chi connectivity index (χ2n) is 2.21. The monoisotopic (exact) mass is 202 g/mol. The number of carbonyl (C=O) groups is 2. The number of carbonyl (C=O) groups excluding carboxylic acids is 2. The zero-order valence-corrected chi connectivity index (χ0v) is 8.53. The first-order valence-electron chi connectivity index (χ1n) is 4.24. The molecule has 0 aromatic heterocycles. The third kappa shape index (κ3) is 3.93. The van der Waals surface area contributed by atoms with Crippen LogP contribution in [0.4, 0.5) is 0 Å². The molecule has 0 aliphatic carbocycles. The van der Waals surface area contributed by atoms with Gasteiger partial charge in [-0.25, -0.2) is 9.59 Å². The topological polar surface area (TPSA) is 61.8 Å². The van der Waals surface area contributed by atoms with Crippen LogP contribution in [0.1, 0.15) is 13.8 Å². The van der Waals surface area contributed by atoms with Crippen LogP contribution in [0.3, 0.4) is 0 Å². The lowest BCUT2D eigenvalue weighted by Gasteiger charge is -2.05. The van der Waals surface area contributed by atoms with Gasteiger partial charge in [-0.2, -0.15) is 0 Å². The van der Waals surface area contributed by atoms with Crippen molar-refractivity contribution < 1.29 is 23.8 Å². The molecule has 0 aliphatic rings. The van der Waals surface area contributed by atoms with Gasteiger partial charge in [0, 0.05) is 0 Å². The van der Waals surface area contributed by atoms with Gasteiger partial charge in [-0.3, -0.25) is 0 Å². The SMILES string of the molecule is CCOC(=O)C(=COC)C(=O)OCC. The first-order chi connectivity index (χ1) is 6.67.